The highest BCUT2D eigenvalue weighted by molar-refractivity contribution is 7.92. The molecule has 1 atom stereocenters. The van der Waals surface area contributed by atoms with Gasteiger partial charge in [0.05, 0.1) is 10.6 Å². The van der Waals surface area contributed by atoms with E-state index in [1.807, 2.05) is 37.3 Å². The molecule has 7 nitrogen and oxygen atoms in total. The second-order valence-electron chi connectivity index (χ2n) is 10.3. The Balaban J connectivity index is 1.76. The molecule has 0 aromatic heterocycles. The largest absolute Gasteiger partial charge is 0.354 e. The number of rotatable bonds is 14. The molecule has 0 saturated heterocycles. The van der Waals surface area contributed by atoms with Crippen molar-refractivity contribution < 1.29 is 22.4 Å². The van der Waals surface area contributed by atoms with Crippen LogP contribution in [0.15, 0.2) is 114 Å². The van der Waals surface area contributed by atoms with Crippen LogP contribution in [0.25, 0.3) is 0 Å². The minimum absolute atomic E-state index is 0.0400. The van der Waals surface area contributed by atoms with E-state index in [0.717, 1.165) is 22.7 Å². The SMILES string of the molecule is CCCCNC(=O)[C@H](Cc1ccccc1)N(Cc1ccc(F)cc1)C(=O)CN(c1ccccc1)S(=O)(=O)c1ccc(Cl)cc1. The van der Waals surface area contributed by atoms with Gasteiger partial charge in [-0.25, -0.2) is 12.8 Å². The van der Waals surface area contributed by atoms with Crippen molar-refractivity contribution in [3.05, 3.63) is 131 Å². The average molecular weight is 636 g/mol. The lowest BCUT2D eigenvalue weighted by atomic mass is 10.0. The van der Waals surface area contributed by atoms with Gasteiger partial charge in [0.15, 0.2) is 0 Å². The van der Waals surface area contributed by atoms with E-state index in [2.05, 4.69) is 5.32 Å². The summed E-state index contributed by atoms with van der Waals surface area (Å²) in [7, 11) is -4.22. The van der Waals surface area contributed by atoms with Crippen molar-refractivity contribution in [2.24, 2.45) is 0 Å². The Morgan fingerprint density at radius 2 is 1.45 bits per heavy atom. The first-order valence-corrected chi connectivity index (χ1v) is 16.2. The minimum atomic E-state index is -4.22. The number of anilines is 1. The first-order chi connectivity index (χ1) is 21.2. The maximum absolute atomic E-state index is 14.3. The van der Waals surface area contributed by atoms with Crippen LogP contribution in [-0.4, -0.2) is 44.3 Å². The van der Waals surface area contributed by atoms with Crippen LogP contribution < -0.4 is 9.62 Å². The number of nitrogens with one attached hydrogen (secondary N) is 1. The van der Waals surface area contributed by atoms with Crippen molar-refractivity contribution in [2.75, 3.05) is 17.4 Å². The van der Waals surface area contributed by atoms with E-state index in [1.165, 1.54) is 41.3 Å². The van der Waals surface area contributed by atoms with Crippen molar-refractivity contribution in [2.45, 2.75) is 43.7 Å². The third kappa shape index (κ3) is 8.67. The molecule has 0 aliphatic carbocycles. The zero-order valence-electron chi connectivity index (χ0n) is 24.4. The van der Waals surface area contributed by atoms with E-state index in [0.29, 0.717) is 17.1 Å². The predicted molar refractivity (Wildman–Crippen MR) is 171 cm³/mol. The number of nitrogens with zero attached hydrogens (tertiary/aromatic N) is 2. The number of halogens is 2. The highest BCUT2D eigenvalue weighted by atomic mass is 35.5. The van der Waals surface area contributed by atoms with Gasteiger partial charge in [-0.2, -0.15) is 0 Å². The van der Waals surface area contributed by atoms with Gasteiger partial charge in [0.25, 0.3) is 10.0 Å². The molecule has 4 aromatic carbocycles. The fourth-order valence-electron chi connectivity index (χ4n) is 4.70. The van der Waals surface area contributed by atoms with Gasteiger partial charge in [-0.05, 0) is 66.1 Å². The Morgan fingerprint density at radius 3 is 2.07 bits per heavy atom. The Bertz CT molecular complexity index is 1620. The molecule has 230 valence electrons. The molecular weight excluding hydrogens is 601 g/mol. The lowest BCUT2D eigenvalue weighted by Crippen LogP contribution is -2.53. The fraction of sp³-hybridized carbons (Fsp3) is 0.235. The number of para-hydroxylation sites is 1. The number of benzene rings is 4. The van der Waals surface area contributed by atoms with E-state index in [9.17, 15) is 22.4 Å². The summed E-state index contributed by atoms with van der Waals surface area (Å²) in [6.45, 7) is 1.82. The summed E-state index contributed by atoms with van der Waals surface area (Å²) in [5, 5.41) is 3.31. The van der Waals surface area contributed by atoms with Crippen LogP contribution in [0, 0.1) is 5.82 Å². The zero-order chi connectivity index (χ0) is 31.5. The van der Waals surface area contributed by atoms with E-state index in [-0.39, 0.29) is 29.5 Å². The van der Waals surface area contributed by atoms with E-state index >= 15 is 0 Å². The highest BCUT2D eigenvalue weighted by Gasteiger charge is 2.34. The Labute approximate surface area is 263 Å². The molecule has 0 fully saturated rings. The summed E-state index contributed by atoms with van der Waals surface area (Å²) in [6.07, 6.45) is 1.83. The minimum Gasteiger partial charge on any atom is -0.354 e. The fourth-order valence-corrected chi connectivity index (χ4v) is 6.24. The van der Waals surface area contributed by atoms with Crippen LogP contribution in [0.4, 0.5) is 10.1 Å². The molecule has 1 N–H and O–H groups in total. The van der Waals surface area contributed by atoms with E-state index < -0.39 is 34.3 Å². The summed E-state index contributed by atoms with van der Waals surface area (Å²) in [6, 6.07) is 28.0. The average Bonchev–Trinajstić information content (AvgIpc) is 3.03. The summed E-state index contributed by atoms with van der Waals surface area (Å²) in [4.78, 5) is 29.4. The number of carbonyl (C=O) groups excluding carboxylic acids is 2. The Hall–Kier alpha value is -4.21. The third-order valence-electron chi connectivity index (χ3n) is 7.09. The van der Waals surface area contributed by atoms with Gasteiger partial charge >= 0.3 is 0 Å². The van der Waals surface area contributed by atoms with Gasteiger partial charge in [-0.1, -0.05) is 85.6 Å². The number of unbranched alkanes of at least 4 members (excludes halogenated alkanes) is 1. The monoisotopic (exact) mass is 635 g/mol. The van der Waals surface area contributed by atoms with Crippen molar-refractivity contribution in [1.82, 2.24) is 10.2 Å². The molecular formula is C34H35ClFN3O4S. The lowest BCUT2D eigenvalue weighted by molar-refractivity contribution is -0.140. The molecule has 0 radical (unpaired) electrons. The van der Waals surface area contributed by atoms with Crippen molar-refractivity contribution in [1.29, 1.82) is 0 Å². The summed E-state index contributed by atoms with van der Waals surface area (Å²) in [5.74, 6) is -1.39. The standard InChI is InChI=1S/C34H35ClFN3O4S/c1-2-3-22-37-34(41)32(23-26-10-6-4-7-11-26)38(24-27-14-18-29(36)19-15-27)33(40)25-39(30-12-8-5-9-13-30)44(42,43)31-20-16-28(35)17-21-31/h4-21,32H,2-3,22-25H2,1H3,(H,37,41)/t32-/m0/s1. The van der Waals surface area contributed by atoms with Gasteiger partial charge < -0.3 is 10.2 Å². The number of amides is 2. The summed E-state index contributed by atoms with van der Waals surface area (Å²) >= 11 is 6.02. The van der Waals surface area contributed by atoms with Gasteiger partial charge in [-0.15, -0.1) is 0 Å². The number of hydrogen-bond acceptors (Lipinski definition) is 4. The van der Waals surface area contributed by atoms with Crippen LogP contribution in [0.5, 0.6) is 0 Å². The maximum Gasteiger partial charge on any atom is 0.264 e. The Morgan fingerprint density at radius 1 is 0.841 bits per heavy atom. The lowest BCUT2D eigenvalue weighted by Gasteiger charge is -2.34. The summed E-state index contributed by atoms with van der Waals surface area (Å²) < 4.78 is 42.7. The maximum atomic E-state index is 14.3. The molecule has 4 rings (SSSR count). The van der Waals surface area contributed by atoms with Crippen LogP contribution in [0.3, 0.4) is 0 Å². The van der Waals surface area contributed by atoms with Crippen LogP contribution in [0.2, 0.25) is 5.02 Å². The van der Waals surface area contributed by atoms with Gasteiger partial charge in [-0.3, -0.25) is 13.9 Å². The third-order valence-corrected chi connectivity index (χ3v) is 9.13. The molecule has 0 spiro atoms. The molecule has 0 unspecified atom stereocenters. The molecule has 4 aromatic rings. The first kappa shape index (κ1) is 32.7. The first-order valence-electron chi connectivity index (χ1n) is 14.4. The Kier molecular flexibility index (Phi) is 11.5. The van der Waals surface area contributed by atoms with Crippen molar-refractivity contribution >= 4 is 39.1 Å². The van der Waals surface area contributed by atoms with Crippen molar-refractivity contribution in [3.8, 4) is 0 Å². The molecule has 10 heteroatoms. The molecule has 0 aliphatic heterocycles. The second-order valence-corrected chi connectivity index (χ2v) is 12.6. The van der Waals surface area contributed by atoms with E-state index in [1.54, 1.807) is 42.5 Å². The van der Waals surface area contributed by atoms with Gasteiger partial charge in [0.1, 0.15) is 18.4 Å². The quantitative estimate of drug-likeness (QED) is 0.166. The molecule has 2 amide bonds. The normalized spacial score (nSPS) is 11.9. The topological polar surface area (TPSA) is 86.8 Å². The number of hydrogen-bond donors (Lipinski definition) is 1. The van der Waals surface area contributed by atoms with Crippen molar-refractivity contribution in [3.63, 3.8) is 0 Å². The highest BCUT2D eigenvalue weighted by Crippen LogP contribution is 2.26. The van der Waals surface area contributed by atoms with E-state index in [4.69, 9.17) is 11.6 Å². The van der Waals surface area contributed by atoms with Crippen LogP contribution in [0.1, 0.15) is 30.9 Å². The predicted octanol–water partition coefficient (Wildman–Crippen LogP) is 6.23. The number of sulfonamides is 1. The molecule has 0 bridgehead atoms. The van der Waals surface area contributed by atoms with Crippen LogP contribution >= 0.6 is 11.6 Å². The van der Waals surface area contributed by atoms with Gasteiger partial charge in [0.2, 0.25) is 11.8 Å². The van der Waals surface area contributed by atoms with Gasteiger partial charge in [0, 0.05) is 24.5 Å². The molecule has 0 aliphatic rings. The van der Waals surface area contributed by atoms with Crippen LogP contribution in [-0.2, 0) is 32.6 Å². The zero-order valence-corrected chi connectivity index (χ0v) is 26.0. The molecule has 0 saturated carbocycles. The smallest absolute Gasteiger partial charge is 0.264 e. The summed E-state index contributed by atoms with van der Waals surface area (Å²) in [5.41, 5.74) is 1.70. The molecule has 44 heavy (non-hydrogen) atoms. The molecule has 0 heterocycles. The number of carbonyl (C=O) groups is 2. The second kappa shape index (κ2) is 15.5.